The number of amides is 2. The Bertz CT molecular complexity index is 726. The smallest absolute Gasteiger partial charge is 0.412 e. The molecule has 0 aromatic heterocycles. The molecule has 1 aliphatic heterocycles. The van der Waals surface area contributed by atoms with Crippen molar-refractivity contribution in [1.29, 1.82) is 5.41 Å². The van der Waals surface area contributed by atoms with Crippen LogP contribution in [0, 0.1) is 11.2 Å². The number of hydrogen-bond acceptors (Lipinski definition) is 5. The van der Waals surface area contributed by atoms with E-state index in [1.165, 1.54) is 24.3 Å². The molecule has 1 fully saturated rings. The maximum atomic E-state index is 13.0. The zero-order valence-corrected chi connectivity index (χ0v) is 14.3. The molecule has 1 heterocycles. The normalized spacial score (nSPS) is 17.8. The summed E-state index contributed by atoms with van der Waals surface area (Å²) >= 11 is 0. The summed E-state index contributed by atoms with van der Waals surface area (Å²) in [6, 6.07) is 5.00. The lowest BCUT2D eigenvalue weighted by molar-refractivity contribution is 0.0962. The highest BCUT2D eigenvalue weighted by Crippen LogP contribution is 2.20. The van der Waals surface area contributed by atoms with Crippen molar-refractivity contribution in [3.05, 3.63) is 47.0 Å². The summed E-state index contributed by atoms with van der Waals surface area (Å²) in [6.07, 6.45) is -0.734. The summed E-state index contributed by atoms with van der Waals surface area (Å²) in [4.78, 5) is 24.2. The maximum absolute atomic E-state index is 13.0. The van der Waals surface area contributed by atoms with Gasteiger partial charge < -0.3 is 20.8 Å². The molecule has 0 atom stereocenters. The van der Waals surface area contributed by atoms with Gasteiger partial charge in [0.1, 0.15) is 11.6 Å². The Morgan fingerprint density at radius 1 is 1.28 bits per heavy atom. The molecule has 0 bridgehead atoms. The predicted octanol–water partition coefficient (Wildman–Crippen LogP) is 1.91. The van der Waals surface area contributed by atoms with Crippen LogP contribution in [0.1, 0.15) is 31.1 Å². The highest BCUT2D eigenvalue weighted by molar-refractivity contribution is 6.08. The average molecular weight is 348 g/mol. The van der Waals surface area contributed by atoms with Crippen molar-refractivity contribution in [2.75, 3.05) is 13.2 Å². The predicted molar refractivity (Wildman–Crippen MR) is 90.9 cm³/mol. The van der Waals surface area contributed by atoms with Crippen LogP contribution in [0.2, 0.25) is 0 Å². The molecule has 4 N–H and O–H groups in total. The molecular weight excluding hydrogens is 327 g/mol. The molecule has 2 amide bonds. The van der Waals surface area contributed by atoms with Crippen molar-refractivity contribution in [3.8, 4) is 0 Å². The van der Waals surface area contributed by atoms with Crippen molar-refractivity contribution in [1.82, 2.24) is 16.0 Å². The lowest BCUT2D eigenvalue weighted by Gasteiger charge is -2.18. The molecule has 25 heavy (non-hydrogen) atoms. The number of hydrogen-bond donors (Lipinski definition) is 4. The number of ether oxygens (including phenoxy) is 1. The van der Waals surface area contributed by atoms with Gasteiger partial charge in [0.25, 0.3) is 5.91 Å². The van der Waals surface area contributed by atoms with Crippen LogP contribution in [0.3, 0.4) is 0 Å². The van der Waals surface area contributed by atoms with Gasteiger partial charge in [-0.05, 0) is 45.0 Å². The minimum Gasteiger partial charge on any atom is -0.450 e. The summed E-state index contributed by atoms with van der Waals surface area (Å²) in [5, 5.41) is 16.4. The van der Waals surface area contributed by atoms with E-state index in [1.54, 1.807) is 6.92 Å². The molecule has 0 radical (unpaired) electrons. The van der Waals surface area contributed by atoms with Crippen LogP contribution >= 0.6 is 0 Å². The summed E-state index contributed by atoms with van der Waals surface area (Å²) in [7, 11) is 0. The highest BCUT2D eigenvalue weighted by Gasteiger charge is 2.35. The van der Waals surface area contributed by atoms with E-state index in [2.05, 4.69) is 16.0 Å². The first kappa shape index (κ1) is 18.6. The van der Waals surface area contributed by atoms with Gasteiger partial charge in [0.15, 0.2) is 0 Å². The Kier molecular flexibility index (Phi) is 5.53. The monoisotopic (exact) mass is 348 g/mol. The minimum atomic E-state index is -0.734. The standard InChI is InChI=1S/C17H21FN4O3/c1-4-25-16(24)22-14(12-9-20-17(2,3)13(12)19)21-15(23)10-5-7-11(18)8-6-10/h5-8,19-20H,4,9H2,1-3H3,(H,21,23)(H,22,24)/b14-12-,19-13?. The van der Waals surface area contributed by atoms with Crippen LogP contribution in [-0.2, 0) is 4.74 Å². The van der Waals surface area contributed by atoms with Crippen LogP contribution < -0.4 is 16.0 Å². The van der Waals surface area contributed by atoms with E-state index in [9.17, 15) is 14.0 Å². The summed E-state index contributed by atoms with van der Waals surface area (Å²) in [5.74, 6) is -0.907. The fourth-order valence-electron chi connectivity index (χ4n) is 2.32. The third-order valence-electron chi connectivity index (χ3n) is 3.78. The Labute approximate surface area is 145 Å². The van der Waals surface area contributed by atoms with Gasteiger partial charge in [-0.1, -0.05) is 0 Å². The second kappa shape index (κ2) is 7.43. The van der Waals surface area contributed by atoms with Crippen molar-refractivity contribution in [2.24, 2.45) is 0 Å². The van der Waals surface area contributed by atoms with E-state index < -0.39 is 23.4 Å². The van der Waals surface area contributed by atoms with Crippen molar-refractivity contribution in [3.63, 3.8) is 0 Å². The molecule has 1 saturated heterocycles. The Morgan fingerprint density at radius 2 is 1.92 bits per heavy atom. The van der Waals surface area contributed by atoms with E-state index >= 15 is 0 Å². The average Bonchev–Trinajstić information content (AvgIpc) is 2.81. The third-order valence-corrected chi connectivity index (χ3v) is 3.78. The van der Waals surface area contributed by atoms with E-state index in [0.717, 1.165) is 0 Å². The van der Waals surface area contributed by atoms with Crippen molar-refractivity contribution >= 4 is 17.7 Å². The molecule has 0 spiro atoms. The minimum absolute atomic E-state index is 0.0795. The first-order valence-corrected chi connectivity index (χ1v) is 7.83. The molecule has 1 aromatic carbocycles. The third kappa shape index (κ3) is 4.42. The maximum Gasteiger partial charge on any atom is 0.412 e. The SMILES string of the molecule is CCOC(=O)N/C(NC(=O)c1ccc(F)cc1)=C1/CNC(C)(C)C1=N. The van der Waals surface area contributed by atoms with Crippen LogP contribution in [0.25, 0.3) is 0 Å². The summed E-state index contributed by atoms with van der Waals surface area (Å²) < 4.78 is 17.8. The topological polar surface area (TPSA) is 103 Å². The van der Waals surface area contributed by atoms with Crippen LogP contribution in [-0.4, -0.2) is 36.4 Å². The summed E-state index contributed by atoms with van der Waals surface area (Å²) in [5.41, 5.74) is 0.339. The number of carbonyl (C=O) groups is 2. The van der Waals surface area contributed by atoms with Crippen molar-refractivity contribution in [2.45, 2.75) is 26.3 Å². The number of alkyl carbamates (subject to hydrolysis) is 1. The molecule has 7 nitrogen and oxygen atoms in total. The fourth-order valence-corrected chi connectivity index (χ4v) is 2.32. The number of benzene rings is 1. The highest BCUT2D eigenvalue weighted by atomic mass is 19.1. The molecule has 0 saturated carbocycles. The Hall–Kier alpha value is -2.74. The summed E-state index contributed by atoms with van der Waals surface area (Å²) in [6.45, 7) is 5.78. The first-order valence-electron chi connectivity index (χ1n) is 7.83. The quantitative estimate of drug-likeness (QED) is 0.667. The van der Waals surface area contributed by atoms with Gasteiger partial charge in [-0.15, -0.1) is 0 Å². The first-order chi connectivity index (χ1) is 11.7. The largest absolute Gasteiger partial charge is 0.450 e. The van der Waals surface area contributed by atoms with Gasteiger partial charge in [-0.3, -0.25) is 10.1 Å². The zero-order valence-electron chi connectivity index (χ0n) is 14.3. The lowest BCUT2D eigenvalue weighted by atomic mass is 9.98. The van der Waals surface area contributed by atoms with Gasteiger partial charge in [0, 0.05) is 17.7 Å². The van der Waals surface area contributed by atoms with Gasteiger partial charge in [-0.25, -0.2) is 9.18 Å². The van der Waals surface area contributed by atoms with Crippen LogP contribution in [0.15, 0.2) is 35.7 Å². The second-order valence-corrected chi connectivity index (χ2v) is 6.01. The zero-order chi connectivity index (χ0) is 18.6. The Balaban J connectivity index is 2.29. The molecule has 1 aliphatic rings. The number of rotatable bonds is 4. The second-order valence-electron chi connectivity index (χ2n) is 6.01. The molecule has 8 heteroatoms. The van der Waals surface area contributed by atoms with Crippen molar-refractivity contribution < 1.29 is 18.7 Å². The van der Waals surface area contributed by atoms with E-state index in [-0.39, 0.29) is 23.7 Å². The number of carbonyl (C=O) groups excluding carboxylic acids is 2. The number of nitrogens with one attached hydrogen (secondary N) is 4. The molecule has 0 unspecified atom stereocenters. The van der Waals surface area contributed by atoms with E-state index in [4.69, 9.17) is 10.1 Å². The Morgan fingerprint density at radius 3 is 2.44 bits per heavy atom. The lowest BCUT2D eigenvalue weighted by Crippen LogP contribution is -2.39. The van der Waals surface area contributed by atoms with Crippen LogP contribution in [0.4, 0.5) is 9.18 Å². The fraction of sp³-hybridized carbons (Fsp3) is 0.353. The van der Waals surface area contributed by atoms with E-state index in [0.29, 0.717) is 12.1 Å². The molecule has 2 rings (SSSR count). The van der Waals surface area contributed by atoms with Gasteiger partial charge >= 0.3 is 6.09 Å². The molecule has 134 valence electrons. The molecule has 1 aromatic rings. The van der Waals surface area contributed by atoms with Gasteiger partial charge in [-0.2, -0.15) is 0 Å². The van der Waals surface area contributed by atoms with Gasteiger partial charge in [0.2, 0.25) is 0 Å². The molecule has 0 aliphatic carbocycles. The van der Waals surface area contributed by atoms with Crippen LogP contribution in [0.5, 0.6) is 0 Å². The number of halogens is 1. The van der Waals surface area contributed by atoms with Gasteiger partial charge in [0.05, 0.1) is 17.9 Å². The molecular formula is C17H21FN4O3. The van der Waals surface area contributed by atoms with E-state index in [1.807, 2.05) is 13.8 Å².